The lowest BCUT2D eigenvalue weighted by molar-refractivity contribution is -0.115. The quantitative estimate of drug-likeness (QED) is 0.641. The van der Waals surface area contributed by atoms with Gasteiger partial charge in [-0.25, -0.2) is 4.98 Å². The first-order chi connectivity index (χ1) is 12.7. The average Bonchev–Trinajstić information content (AvgIpc) is 3.02. The molecule has 1 aliphatic rings. The molecule has 4 rings (SSSR count). The first-order valence-corrected chi connectivity index (χ1v) is 8.41. The van der Waals surface area contributed by atoms with E-state index in [1.54, 1.807) is 6.20 Å². The number of pyridine rings is 1. The maximum absolute atomic E-state index is 11.5. The number of hydrogen-bond acceptors (Lipinski definition) is 6. The molecule has 8 heteroatoms. The Labute approximate surface area is 154 Å². The van der Waals surface area contributed by atoms with E-state index in [0.29, 0.717) is 29.8 Å². The van der Waals surface area contributed by atoms with Crippen LogP contribution in [0.2, 0.25) is 5.02 Å². The van der Waals surface area contributed by atoms with Gasteiger partial charge in [-0.05, 0) is 29.8 Å². The standard InChI is InChI=1S/C18H15ClN6O/c19-14-10-22-18(25-17(14)21-9-13-3-1-2-6-20-13)23-12-5-4-11-7-16(26)24-15(11)8-12/h1-6,8,10H,7,9H2,(H,24,26)(H2,21,22,23,25). The Hall–Kier alpha value is -3.19. The number of rotatable bonds is 5. The monoisotopic (exact) mass is 366 g/mol. The molecule has 0 radical (unpaired) electrons. The maximum atomic E-state index is 11.5. The van der Waals surface area contributed by atoms with Crippen molar-refractivity contribution in [2.24, 2.45) is 0 Å². The van der Waals surface area contributed by atoms with Crippen LogP contribution in [-0.2, 0) is 17.8 Å². The fraction of sp³-hybridized carbons (Fsp3) is 0.111. The predicted molar refractivity (Wildman–Crippen MR) is 101 cm³/mol. The van der Waals surface area contributed by atoms with E-state index in [-0.39, 0.29) is 5.91 Å². The molecule has 26 heavy (non-hydrogen) atoms. The summed E-state index contributed by atoms with van der Waals surface area (Å²) >= 11 is 6.18. The van der Waals surface area contributed by atoms with Crippen molar-refractivity contribution >= 4 is 40.6 Å². The Morgan fingerprint density at radius 2 is 2.12 bits per heavy atom. The number of fused-ring (bicyclic) bond motifs is 1. The molecule has 1 aliphatic heterocycles. The molecule has 3 aromatic rings. The molecule has 0 fully saturated rings. The van der Waals surface area contributed by atoms with E-state index >= 15 is 0 Å². The summed E-state index contributed by atoms with van der Waals surface area (Å²) in [4.78, 5) is 24.3. The summed E-state index contributed by atoms with van der Waals surface area (Å²) in [5.74, 6) is 0.923. The number of aromatic nitrogens is 3. The highest BCUT2D eigenvalue weighted by molar-refractivity contribution is 6.32. The summed E-state index contributed by atoms with van der Waals surface area (Å²) in [6, 6.07) is 11.4. The van der Waals surface area contributed by atoms with E-state index in [1.807, 2.05) is 36.4 Å². The Morgan fingerprint density at radius 1 is 1.19 bits per heavy atom. The Bertz CT molecular complexity index is 963. The highest BCUT2D eigenvalue weighted by atomic mass is 35.5. The van der Waals surface area contributed by atoms with Gasteiger partial charge in [-0.15, -0.1) is 0 Å². The Balaban J connectivity index is 1.49. The van der Waals surface area contributed by atoms with Gasteiger partial charge in [0.15, 0.2) is 5.82 Å². The van der Waals surface area contributed by atoms with Crippen LogP contribution in [0, 0.1) is 0 Å². The molecule has 0 bridgehead atoms. The molecule has 0 aliphatic carbocycles. The molecule has 3 heterocycles. The molecule has 1 amide bonds. The van der Waals surface area contributed by atoms with Crippen LogP contribution in [0.5, 0.6) is 0 Å². The number of amides is 1. The van der Waals surface area contributed by atoms with E-state index in [1.165, 1.54) is 6.20 Å². The van der Waals surface area contributed by atoms with Crippen molar-refractivity contribution in [2.75, 3.05) is 16.0 Å². The lowest BCUT2D eigenvalue weighted by Crippen LogP contribution is -2.06. The van der Waals surface area contributed by atoms with Crippen molar-refractivity contribution in [3.05, 3.63) is 65.1 Å². The van der Waals surface area contributed by atoms with Crippen LogP contribution in [0.1, 0.15) is 11.3 Å². The molecule has 0 unspecified atom stereocenters. The minimum absolute atomic E-state index is 0.000834. The first kappa shape index (κ1) is 16.3. The van der Waals surface area contributed by atoms with Gasteiger partial charge < -0.3 is 16.0 Å². The van der Waals surface area contributed by atoms with Gasteiger partial charge in [0.2, 0.25) is 11.9 Å². The summed E-state index contributed by atoms with van der Waals surface area (Å²) in [5, 5.41) is 9.53. The summed E-state index contributed by atoms with van der Waals surface area (Å²) in [6.45, 7) is 0.502. The number of nitrogens with zero attached hydrogens (tertiary/aromatic N) is 3. The molecule has 130 valence electrons. The molecular weight excluding hydrogens is 352 g/mol. The topological polar surface area (TPSA) is 91.8 Å². The molecule has 0 spiro atoms. The highest BCUT2D eigenvalue weighted by Crippen LogP contribution is 2.28. The normalized spacial score (nSPS) is 12.4. The molecule has 0 atom stereocenters. The van der Waals surface area contributed by atoms with Crippen LogP contribution in [0.4, 0.5) is 23.1 Å². The predicted octanol–water partition coefficient (Wildman–Crippen LogP) is 3.38. The number of hydrogen-bond donors (Lipinski definition) is 3. The smallest absolute Gasteiger partial charge is 0.229 e. The minimum Gasteiger partial charge on any atom is -0.363 e. The lowest BCUT2D eigenvalue weighted by atomic mass is 10.1. The van der Waals surface area contributed by atoms with Crippen molar-refractivity contribution in [3.8, 4) is 0 Å². The van der Waals surface area contributed by atoms with Gasteiger partial charge in [-0.1, -0.05) is 23.7 Å². The number of halogens is 1. The number of anilines is 4. The van der Waals surface area contributed by atoms with Crippen molar-refractivity contribution in [3.63, 3.8) is 0 Å². The number of carbonyl (C=O) groups excluding carboxylic acids is 1. The largest absolute Gasteiger partial charge is 0.363 e. The number of nitrogens with one attached hydrogen (secondary N) is 3. The molecule has 3 N–H and O–H groups in total. The van der Waals surface area contributed by atoms with Gasteiger partial charge in [0, 0.05) is 17.6 Å². The van der Waals surface area contributed by atoms with Crippen molar-refractivity contribution in [1.29, 1.82) is 0 Å². The van der Waals surface area contributed by atoms with Gasteiger partial charge >= 0.3 is 0 Å². The lowest BCUT2D eigenvalue weighted by Gasteiger charge is -2.10. The summed E-state index contributed by atoms with van der Waals surface area (Å²) in [7, 11) is 0. The second kappa shape index (κ2) is 6.97. The van der Waals surface area contributed by atoms with E-state index in [9.17, 15) is 4.79 Å². The average molecular weight is 367 g/mol. The van der Waals surface area contributed by atoms with Crippen molar-refractivity contribution in [2.45, 2.75) is 13.0 Å². The van der Waals surface area contributed by atoms with Crippen LogP contribution >= 0.6 is 11.6 Å². The fourth-order valence-electron chi connectivity index (χ4n) is 2.65. The highest BCUT2D eigenvalue weighted by Gasteiger charge is 2.17. The number of benzene rings is 1. The van der Waals surface area contributed by atoms with Crippen LogP contribution in [0.15, 0.2) is 48.8 Å². The zero-order valence-corrected chi connectivity index (χ0v) is 14.4. The molecular formula is C18H15ClN6O. The van der Waals surface area contributed by atoms with Gasteiger partial charge in [0.25, 0.3) is 0 Å². The van der Waals surface area contributed by atoms with E-state index in [0.717, 1.165) is 22.6 Å². The van der Waals surface area contributed by atoms with Gasteiger partial charge in [0.05, 0.1) is 24.9 Å². The molecule has 0 saturated carbocycles. The second-order valence-corrected chi connectivity index (χ2v) is 6.19. The van der Waals surface area contributed by atoms with Gasteiger partial charge in [0.1, 0.15) is 5.02 Å². The second-order valence-electron chi connectivity index (χ2n) is 5.79. The molecule has 7 nitrogen and oxygen atoms in total. The van der Waals surface area contributed by atoms with Crippen LogP contribution in [0.3, 0.4) is 0 Å². The zero-order chi connectivity index (χ0) is 17.9. The minimum atomic E-state index is 0.000834. The molecule has 1 aromatic carbocycles. The molecule has 0 saturated heterocycles. The Kier molecular flexibility index (Phi) is 4.37. The third kappa shape index (κ3) is 3.57. The zero-order valence-electron chi connectivity index (χ0n) is 13.7. The van der Waals surface area contributed by atoms with E-state index in [4.69, 9.17) is 11.6 Å². The molecule has 2 aromatic heterocycles. The number of carbonyl (C=O) groups is 1. The summed E-state index contributed by atoms with van der Waals surface area (Å²) < 4.78 is 0. The third-order valence-electron chi connectivity index (χ3n) is 3.90. The first-order valence-electron chi connectivity index (χ1n) is 8.03. The van der Waals surface area contributed by atoms with Crippen LogP contribution in [-0.4, -0.2) is 20.9 Å². The maximum Gasteiger partial charge on any atom is 0.229 e. The Morgan fingerprint density at radius 3 is 2.96 bits per heavy atom. The van der Waals surface area contributed by atoms with Crippen LogP contribution in [0.25, 0.3) is 0 Å². The third-order valence-corrected chi connectivity index (χ3v) is 4.17. The van der Waals surface area contributed by atoms with Gasteiger partial charge in [-0.2, -0.15) is 4.98 Å². The van der Waals surface area contributed by atoms with E-state index in [2.05, 4.69) is 30.9 Å². The van der Waals surface area contributed by atoms with Crippen LogP contribution < -0.4 is 16.0 Å². The van der Waals surface area contributed by atoms with E-state index < -0.39 is 0 Å². The summed E-state index contributed by atoms with van der Waals surface area (Å²) in [5.41, 5.74) is 3.45. The van der Waals surface area contributed by atoms with Gasteiger partial charge in [-0.3, -0.25) is 9.78 Å². The summed E-state index contributed by atoms with van der Waals surface area (Å²) in [6.07, 6.45) is 3.68. The SMILES string of the molecule is O=C1Cc2ccc(Nc3ncc(Cl)c(NCc4ccccn4)n3)cc2N1. The van der Waals surface area contributed by atoms with Crippen molar-refractivity contribution in [1.82, 2.24) is 15.0 Å². The van der Waals surface area contributed by atoms with Crippen molar-refractivity contribution < 1.29 is 4.79 Å². The fourth-order valence-corrected chi connectivity index (χ4v) is 2.81.